The molecule has 0 bridgehead atoms. The number of hydrogen-bond donors (Lipinski definition) is 0. The Bertz CT molecular complexity index is 902. The fourth-order valence-electron chi connectivity index (χ4n) is 2.72. The number of furan rings is 1. The Kier molecular flexibility index (Phi) is 4.24. The topological polar surface area (TPSA) is 49.6 Å². The van der Waals surface area contributed by atoms with Gasteiger partial charge in [-0.15, -0.1) is 0 Å². The first-order chi connectivity index (χ1) is 11.6. The average Bonchev–Trinajstić information content (AvgIpc) is 3.21. The summed E-state index contributed by atoms with van der Waals surface area (Å²) in [4.78, 5) is 21.1. The van der Waals surface area contributed by atoms with Crippen molar-refractivity contribution in [2.75, 3.05) is 31.1 Å². The SMILES string of the molecule is O=C(c1ccc(Br)o1)N1CCN(c2nc3c(Cl)cccc3s2)CC1. The highest BCUT2D eigenvalue weighted by Crippen LogP contribution is 2.33. The van der Waals surface area contributed by atoms with Crippen LogP contribution in [-0.2, 0) is 0 Å². The molecule has 1 aliphatic rings. The number of rotatable bonds is 2. The number of fused-ring (bicyclic) bond motifs is 1. The molecule has 24 heavy (non-hydrogen) atoms. The van der Waals surface area contributed by atoms with Gasteiger partial charge in [0.1, 0.15) is 5.52 Å². The van der Waals surface area contributed by atoms with E-state index in [0.717, 1.165) is 28.4 Å². The lowest BCUT2D eigenvalue weighted by molar-refractivity contribution is 0.0713. The quantitative estimate of drug-likeness (QED) is 0.614. The Hall–Kier alpha value is -1.57. The van der Waals surface area contributed by atoms with E-state index in [1.807, 2.05) is 23.1 Å². The Labute approximate surface area is 155 Å². The number of carbonyl (C=O) groups excluding carboxylic acids is 1. The zero-order valence-electron chi connectivity index (χ0n) is 12.5. The van der Waals surface area contributed by atoms with Gasteiger partial charge in [-0.3, -0.25) is 4.79 Å². The van der Waals surface area contributed by atoms with E-state index in [0.29, 0.717) is 28.5 Å². The van der Waals surface area contributed by atoms with Crippen LogP contribution in [0.1, 0.15) is 10.6 Å². The van der Waals surface area contributed by atoms with Gasteiger partial charge in [0, 0.05) is 26.2 Å². The molecular weight excluding hydrogens is 414 g/mol. The number of hydrogen-bond acceptors (Lipinski definition) is 5. The molecule has 1 amide bonds. The molecule has 3 aromatic rings. The van der Waals surface area contributed by atoms with Crippen molar-refractivity contribution in [1.82, 2.24) is 9.88 Å². The van der Waals surface area contributed by atoms with Crippen molar-refractivity contribution in [2.24, 2.45) is 0 Å². The summed E-state index contributed by atoms with van der Waals surface area (Å²) in [5.74, 6) is 0.287. The summed E-state index contributed by atoms with van der Waals surface area (Å²) in [6, 6.07) is 9.23. The van der Waals surface area contributed by atoms with E-state index in [9.17, 15) is 4.79 Å². The van der Waals surface area contributed by atoms with E-state index in [4.69, 9.17) is 16.0 Å². The number of anilines is 1. The van der Waals surface area contributed by atoms with Crippen LogP contribution in [0.2, 0.25) is 5.02 Å². The molecule has 8 heteroatoms. The standard InChI is InChI=1S/C16H13BrClN3O2S/c17-13-5-4-11(23-13)15(22)20-6-8-21(9-7-20)16-19-14-10(18)2-1-3-12(14)24-16/h1-5H,6-9H2. The second-order valence-electron chi connectivity index (χ2n) is 5.47. The monoisotopic (exact) mass is 425 g/mol. The molecule has 0 spiro atoms. The Morgan fingerprint density at radius 3 is 2.67 bits per heavy atom. The van der Waals surface area contributed by atoms with Gasteiger partial charge in [0.15, 0.2) is 15.6 Å². The van der Waals surface area contributed by atoms with Crippen LogP contribution in [0.15, 0.2) is 39.4 Å². The minimum atomic E-state index is -0.0762. The van der Waals surface area contributed by atoms with Gasteiger partial charge >= 0.3 is 0 Å². The largest absolute Gasteiger partial charge is 0.444 e. The highest BCUT2D eigenvalue weighted by molar-refractivity contribution is 9.10. The smallest absolute Gasteiger partial charge is 0.289 e. The lowest BCUT2D eigenvalue weighted by atomic mass is 10.3. The molecule has 1 fully saturated rings. The molecule has 1 aliphatic heterocycles. The molecule has 0 saturated carbocycles. The third kappa shape index (κ3) is 2.92. The number of aromatic nitrogens is 1. The van der Waals surface area contributed by atoms with Gasteiger partial charge in [-0.2, -0.15) is 0 Å². The molecular formula is C16H13BrClN3O2S. The number of piperazine rings is 1. The van der Waals surface area contributed by atoms with Crippen molar-refractivity contribution in [3.05, 3.63) is 45.8 Å². The van der Waals surface area contributed by atoms with Crippen molar-refractivity contribution < 1.29 is 9.21 Å². The summed E-state index contributed by atoms with van der Waals surface area (Å²) in [6.45, 7) is 2.76. The van der Waals surface area contributed by atoms with Gasteiger partial charge in [0.25, 0.3) is 5.91 Å². The van der Waals surface area contributed by atoms with Crippen LogP contribution >= 0.6 is 38.9 Å². The third-order valence-electron chi connectivity index (χ3n) is 3.98. The van der Waals surface area contributed by atoms with Crippen molar-refractivity contribution in [2.45, 2.75) is 0 Å². The molecule has 3 heterocycles. The number of carbonyl (C=O) groups is 1. The van der Waals surface area contributed by atoms with Crippen LogP contribution in [0.3, 0.4) is 0 Å². The van der Waals surface area contributed by atoms with Gasteiger partial charge in [-0.05, 0) is 40.2 Å². The first-order valence-corrected chi connectivity index (χ1v) is 9.45. The second-order valence-corrected chi connectivity index (χ2v) is 7.66. The molecule has 0 N–H and O–H groups in total. The normalized spacial score (nSPS) is 15.2. The van der Waals surface area contributed by atoms with Gasteiger partial charge < -0.3 is 14.2 Å². The molecule has 0 aliphatic carbocycles. The van der Waals surface area contributed by atoms with Gasteiger partial charge in [-0.25, -0.2) is 4.98 Å². The Morgan fingerprint density at radius 2 is 2.00 bits per heavy atom. The van der Waals surface area contributed by atoms with Crippen LogP contribution in [-0.4, -0.2) is 42.0 Å². The summed E-state index contributed by atoms with van der Waals surface area (Å²) in [5.41, 5.74) is 0.845. The average molecular weight is 427 g/mol. The van der Waals surface area contributed by atoms with Gasteiger partial charge in [-0.1, -0.05) is 29.0 Å². The van der Waals surface area contributed by atoms with E-state index in [-0.39, 0.29) is 5.91 Å². The Morgan fingerprint density at radius 1 is 1.21 bits per heavy atom. The number of amides is 1. The molecule has 0 radical (unpaired) electrons. The molecule has 0 unspecified atom stereocenters. The molecule has 124 valence electrons. The molecule has 4 rings (SSSR count). The number of benzene rings is 1. The third-order valence-corrected chi connectivity index (χ3v) is 5.79. The summed E-state index contributed by atoms with van der Waals surface area (Å²) >= 11 is 11.1. The number of nitrogens with zero attached hydrogens (tertiary/aromatic N) is 3. The fraction of sp³-hybridized carbons (Fsp3) is 0.250. The predicted molar refractivity (Wildman–Crippen MR) is 99.2 cm³/mol. The highest BCUT2D eigenvalue weighted by Gasteiger charge is 2.25. The summed E-state index contributed by atoms with van der Waals surface area (Å²) in [6.07, 6.45) is 0. The summed E-state index contributed by atoms with van der Waals surface area (Å²) < 4.78 is 7.00. The maximum Gasteiger partial charge on any atom is 0.289 e. The van der Waals surface area contributed by atoms with Crippen LogP contribution < -0.4 is 4.90 Å². The van der Waals surface area contributed by atoms with Crippen LogP contribution in [0.5, 0.6) is 0 Å². The maximum atomic E-state index is 12.4. The predicted octanol–water partition coefficient (Wildman–Crippen LogP) is 4.27. The summed E-state index contributed by atoms with van der Waals surface area (Å²) in [7, 11) is 0. The van der Waals surface area contributed by atoms with Crippen molar-refractivity contribution in [3.63, 3.8) is 0 Å². The maximum absolute atomic E-state index is 12.4. The fourth-order valence-corrected chi connectivity index (χ4v) is 4.35. The minimum Gasteiger partial charge on any atom is -0.444 e. The molecule has 1 aromatic carbocycles. The molecule has 5 nitrogen and oxygen atoms in total. The minimum absolute atomic E-state index is 0.0762. The van der Waals surface area contributed by atoms with Gasteiger partial charge in [0.05, 0.1) is 9.72 Å². The van der Waals surface area contributed by atoms with E-state index < -0.39 is 0 Å². The number of para-hydroxylation sites is 1. The van der Waals surface area contributed by atoms with E-state index in [1.54, 1.807) is 23.5 Å². The lowest BCUT2D eigenvalue weighted by Gasteiger charge is -2.34. The lowest BCUT2D eigenvalue weighted by Crippen LogP contribution is -2.48. The Balaban J connectivity index is 1.47. The van der Waals surface area contributed by atoms with E-state index in [2.05, 4.69) is 25.8 Å². The van der Waals surface area contributed by atoms with Crippen LogP contribution in [0.4, 0.5) is 5.13 Å². The first-order valence-electron chi connectivity index (χ1n) is 7.46. The second kappa shape index (κ2) is 6.38. The zero-order valence-corrected chi connectivity index (χ0v) is 15.7. The van der Waals surface area contributed by atoms with Crippen LogP contribution in [0.25, 0.3) is 10.2 Å². The van der Waals surface area contributed by atoms with E-state index >= 15 is 0 Å². The molecule has 0 atom stereocenters. The molecule has 2 aromatic heterocycles. The van der Waals surface area contributed by atoms with E-state index in [1.165, 1.54) is 0 Å². The highest BCUT2D eigenvalue weighted by atomic mass is 79.9. The number of thiazole rings is 1. The number of halogens is 2. The van der Waals surface area contributed by atoms with Crippen molar-refractivity contribution in [3.8, 4) is 0 Å². The summed E-state index contributed by atoms with van der Waals surface area (Å²) in [5, 5.41) is 1.62. The van der Waals surface area contributed by atoms with Gasteiger partial charge in [0.2, 0.25) is 0 Å². The molecule has 1 saturated heterocycles. The first kappa shape index (κ1) is 15.9. The van der Waals surface area contributed by atoms with Crippen molar-refractivity contribution in [1.29, 1.82) is 0 Å². The van der Waals surface area contributed by atoms with Crippen molar-refractivity contribution >= 4 is 60.1 Å². The van der Waals surface area contributed by atoms with Crippen LogP contribution in [0, 0.1) is 0 Å². The zero-order chi connectivity index (χ0) is 16.7.